The van der Waals surface area contributed by atoms with Gasteiger partial charge in [-0.05, 0) is 29.5 Å². The van der Waals surface area contributed by atoms with Crippen molar-refractivity contribution in [1.29, 1.82) is 0 Å². The van der Waals surface area contributed by atoms with Gasteiger partial charge in [-0.25, -0.2) is 9.61 Å². The Hall–Kier alpha value is -2.70. The van der Waals surface area contributed by atoms with Crippen LogP contribution in [0.1, 0.15) is 11.9 Å². The second kappa shape index (κ2) is 8.44. The Morgan fingerprint density at radius 3 is 2.81 bits per heavy atom. The summed E-state index contributed by atoms with van der Waals surface area (Å²) in [4.78, 5) is 8.20. The van der Waals surface area contributed by atoms with Gasteiger partial charge in [0.05, 0.1) is 18.5 Å². The highest BCUT2D eigenvalue weighted by molar-refractivity contribution is 5.92. The maximum atomic E-state index is 12.7. The van der Waals surface area contributed by atoms with Crippen LogP contribution < -0.4 is 4.90 Å². The Morgan fingerprint density at radius 2 is 2.10 bits per heavy atom. The van der Waals surface area contributed by atoms with E-state index in [2.05, 4.69) is 25.1 Å². The quantitative estimate of drug-likeness (QED) is 0.565. The van der Waals surface area contributed by atoms with Gasteiger partial charge in [-0.3, -0.25) is 0 Å². The molecule has 1 saturated heterocycles. The minimum atomic E-state index is -4.84. The third kappa shape index (κ3) is 4.50. The molecule has 1 aromatic carbocycles. The number of hydrogen-bond acceptors (Lipinski definition) is 9. The predicted molar refractivity (Wildman–Crippen MR) is 103 cm³/mol. The van der Waals surface area contributed by atoms with E-state index in [-0.39, 0.29) is 5.89 Å². The molecule has 1 N–H and O–H groups in total. The third-order valence-corrected chi connectivity index (χ3v) is 5.24. The molecule has 12 heteroatoms. The number of methoxy groups -OCH3 is 1. The van der Waals surface area contributed by atoms with Crippen molar-refractivity contribution >= 4 is 16.7 Å². The first-order valence-corrected chi connectivity index (χ1v) is 9.66. The van der Waals surface area contributed by atoms with Gasteiger partial charge in [0.15, 0.2) is 11.3 Å². The lowest BCUT2D eigenvalue weighted by Gasteiger charge is -2.42. The number of aliphatic hydroxyl groups is 1. The van der Waals surface area contributed by atoms with Crippen LogP contribution in [-0.2, 0) is 4.74 Å². The number of rotatable bonds is 8. The number of alkyl halides is 3. The van der Waals surface area contributed by atoms with Crippen LogP contribution in [0.2, 0.25) is 0 Å². The van der Waals surface area contributed by atoms with Crippen LogP contribution in [0.3, 0.4) is 0 Å². The SMILES string of the molecule is COCCN(C)CC1CN(c2cc(-c3ncc(C(O)C(F)(F)F)o3)cc3nonc23)C1. The lowest BCUT2D eigenvalue weighted by molar-refractivity contribution is -0.211. The highest BCUT2D eigenvalue weighted by atomic mass is 19.4. The van der Waals surface area contributed by atoms with Crippen molar-refractivity contribution in [2.75, 3.05) is 51.8 Å². The van der Waals surface area contributed by atoms with Crippen LogP contribution in [0.5, 0.6) is 0 Å². The monoisotopic (exact) mass is 441 g/mol. The van der Waals surface area contributed by atoms with Crippen molar-refractivity contribution in [3.05, 3.63) is 24.1 Å². The first-order chi connectivity index (χ1) is 14.8. The van der Waals surface area contributed by atoms with Crippen LogP contribution in [0, 0.1) is 5.92 Å². The zero-order valence-corrected chi connectivity index (χ0v) is 17.0. The summed E-state index contributed by atoms with van der Waals surface area (Å²) in [5.74, 6) is -0.276. The van der Waals surface area contributed by atoms with E-state index in [4.69, 9.17) is 13.8 Å². The van der Waals surface area contributed by atoms with Crippen molar-refractivity contribution in [1.82, 2.24) is 20.2 Å². The van der Waals surface area contributed by atoms with Crippen molar-refractivity contribution in [2.45, 2.75) is 12.3 Å². The van der Waals surface area contributed by atoms with E-state index in [9.17, 15) is 18.3 Å². The Morgan fingerprint density at radius 1 is 1.32 bits per heavy atom. The average molecular weight is 441 g/mol. The molecule has 0 bridgehead atoms. The number of halogens is 3. The first kappa shape index (κ1) is 21.5. The van der Waals surface area contributed by atoms with Crippen molar-refractivity contribution in [2.24, 2.45) is 5.92 Å². The van der Waals surface area contributed by atoms with Crippen LogP contribution in [-0.4, -0.2) is 78.4 Å². The van der Waals surface area contributed by atoms with E-state index in [1.165, 1.54) is 0 Å². The molecule has 0 saturated carbocycles. The summed E-state index contributed by atoms with van der Waals surface area (Å²) in [6.07, 6.45) is -6.71. The molecule has 9 nitrogen and oxygen atoms in total. The summed E-state index contributed by atoms with van der Waals surface area (Å²) in [7, 11) is 3.71. The van der Waals surface area contributed by atoms with Crippen LogP contribution in [0.15, 0.2) is 27.4 Å². The molecule has 0 spiro atoms. The molecule has 168 valence electrons. The zero-order chi connectivity index (χ0) is 22.2. The minimum Gasteiger partial charge on any atom is -0.438 e. The number of likely N-dealkylation sites (N-methyl/N-ethyl adjacent to an activating group) is 1. The Kier molecular flexibility index (Phi) is 5.86. The van der Waals surface area contributed by atoms with Gasteiger partial charge < -0.3 is 24.1 Å². The normalized spacial score (nSPS) is 16.3. The van der Waals surface area contributed by atoms with Gasteiger partial charge in [0, 0.05) is 44.8 Å². The maximum Gasteiger partial charge on any atom is 0.421 e. The van der Waals surface area contributed by atoms with Gasteiger partial charge in [0.2, 0.25) is 12.0 Å². The summed E-state index contributed by atoms with van der Waals surface area (Å²) in [5, 5.41) is 17.2. The summed E-state index contributed by atoms with van der Waals surface area (Å²) in [6.45, 7) is 3.99. The van der Waals surface area contributed by atoms with E-state index in [0.29, 0.717) is 29.1 Å². The van der Waals surface area contributed by atoms with E-state index < -0.39 is 18.0 Å². The first-order valence-electron chi connectivity index (χ1n) is 9.66. The lowest BCUT2D eigenvalue weighted by atomic mass is 9.97. The zero-order valence-electron chi connectivity index (χ0n) is 17.0. The second-order valence-electron chi connectivity index (χ2n) is 7.67. The topological polar surface area (TPSA) is 101 Å². The minimum absolute atomic E-state index is 0.0548. The van der Waals surface area contributed by atoms with E-state index in [0.717, 1.165) is 38.1 Å². The number of fused-ring (bicyclic) bond motifs is 1. The van der Waals surface area contributed by atoms with Gasteiger partial charge >= 0.3 is 6.18 Å². The summed E-state index contributed by atoms with van der Waals surface area (Å²) in [5.41, 5.74) is 2.14. The molecular weight excluding hydrogens is 419 g/mol. The fraction of sp³-hybridized carbons (Fsp3) is 0.526. The Labute approximate surface area is 175 Å². The maximum absolute atomic E-state index is 12.7. The van der Waals surface area contributed by atoms with Gasteiger partial charge in [0.1, 0.15) is 5.52 Å². The molecule has 1 fully saturated rings. The van der Waals surface area contributed by atoms with Crippen molar-refractivity contribution in [3.8, 4) is 11.5 Å². The second-order valence-corrected chi connectivity index (χ2v) is 7.67. The largest absolute Gasteiger partial charge is 0.438 e. The van der Waals surface area contributed by atoms with Gasteiger partial charge in [-0.2, -0.15) is 13.2 Å². The molecule has 4 rings (SSSR count). The molecule has 0 amide bonds. The van der Waals surface area contributed by atoms with E-state index in [1.54, 1.807) is 19.2 Å². The molecule has 2 aromatic heterocycles. The van der Waals surface area contributed by atoms with Crippen LogP contribution in [0.25, 0.3) is 22.5 Å². The smallest absolute Gasteiger partial charge is 0.421 e. The Bertz CT molecular complexity index is 1030. The lowest BCUT2D eigenvalue weighted by Crippen LogP contribution is -2.51. The van der Waals surface area contributed by atoms with Crippen LogP contribution in [0.4, 0.5) is 18.9 Å². The summed E-state index contributed by atoms with van der Waals surface area (Å²) >= 11 is 0. The molecule has 3 heterocycles. The number of anilines is 1. The fourth-order valence-electron chi connectivity index (χ4n) is 3.61. The van der Waals surface area contributed by atoms with Gasteiger partial charge in [-0.15, -0.1) is 0 Å². The molecule has 1 aliphatic rings. The summed E-state index contributed by atoms with van der Waals surface area (Å²) in [6, 6.07) is 3.30. The number of aliphatic hydroxyl groups excluding tert-OH is 1. The number of hydrogen-bond donors (Lipinski definition) is 1. The molecule has 1 atom stereocenters. The number of aromatic nitrogens is 3. The highest BCUT2D eigenvalue weighted by Gasteiger charge is 2.42. The molecule has 1 unspecified atom stereocenters. The van der Waals surface area contributed by atoms with E-state index in [1.807, 2.05) is 7.05 Å². The average Bonchev–Trinajstić information content (AvgIpc) is 3.36. The molecular formula is C19H22F3N5O4. The molecule has 0 radical (unpaired) electrons. The van der Waals surface area contributed by atoms with Crippen LogP contribution >= 0.6 is 0 Å². The number of nitrogens with zero attached hydrogens (tertiary/aromatic N) is 5. The molecule has 1 aliphatic heterocycles. The number of oxazole rings is 1. The van der Waals surface area contributed by atoms with E-state index >= 15 is 0 Å². The molecule has 3 aromatic rings. The predicted octanol–water partition coefficient (Wildman–Crippen LogP) is 2.49. The number of ether oxygens (including phenoxy) is 1. The standard InChI is InChI=1S/C19H22F3N5O4/c1-26(3-4-29-2)8-11-9-27(10-11)14-6-12(5-13-16(14)25-31-24-13)18-23-7-15(30-18)17(28)19(20,21)22/h5-7,11,17,28H,3-4,8-10H2,1-2H3. The van der Waals surface area contributed by atoms with Crippen molar-refractivity contribution < 1.29 is 32.1 Å². The van der Waals surface area contributed by atoms with Gasteiger partial charge in [0.25, 0.3) is 0 Å². The van der Waals surface area contributed by atoms with Gasteiger partial charge in [-0.1, -0.05) is 0 Å². The fourth-order valence-corrected chi connectivity index (χ4v) is 3.61. The Balaban J connectivity index is 1.53. The molecule has 0 aliphatic carbocycles. The highest BCUT2D eigenvalue weighted by Crippen LogP contribution is 2.37. The summed E-state index contributed by atoms with van der Waals surface area (Å²) < 4.78 is 53.4. The molecule has 31 heavy (non-hydrogen) atoms. The number of benzene rings is 1. The third-order valence-electron chi connectivity index (χ3n) is 5.24. The van der Waals surface area contributed by atoms with Crippen molar-refractivity contribution in [3.63, 3.8) is 0 Å².